The molecule has 0 amide bonds. The maximum atomic E-state index is 5.31. The topological polar surface area (TPSA) is 27.7 Å². The summed E-state index contributed by atoms with van der Waals surface area (Å²) in [5.41, 5.74) is 1.04. The fourth-order valence-electron chi connectivity index (χ4n) is 1.43. The van der Waals surface area contributed by atoms with Gasteiger partial charge >= 0.3 is 0 Å². The smallest absolute Gasteiger partial charge is 0.231 e. The van der Waals surface area contributed by atoms with Crippen LogP contribution in [-0.4, -0.2) is 19.2 Å². The highest BCUT2D eigenvalue weighted by molar-refractivity contribution is 9.09. The Morgan fingerprint density at radius 2 is 2.33 bits per heavy atom. The van der Waals surface area contributed by atoms with Crippen LogP contribution in [0, 0.1) is 0 Å². The second-order valence-electron chi connectivity index (χ2n) is 3.01. The Hall–Kier alpha value is -1.16. The van der Waals surface area contributed by atoms with Gasteiger partial charge in [0.15, 0.2) is 11.5 Å². The number of rotatable bonds is 3. The van der Waals surface area contributed by atoms with E-state index in [0.29, 0.717) is 11.5 Å². The van der Waals surface area contributed by atoms with E-state index in [1.165, 1.54) is 0 Å². The summed E-state index contributed by atoms with van der Waals surface area (Å²) in [5, 5.41) is 0.823. The van der Waals surface area contributed by atoms with Crippen molar-refractivity contribution in [3.05, 3.63) is 23.8 Å². The van der Waals surface area contributed by atoms with Crippen LogP contribution < -0.4 is 14.2 Å². The monoisotopic (exact) mass is 270 g/mol. The van der Waals surface area contributed by atoms with Gasteiger partial charge in [-0.15, -0.1) is 0 Å². The number of benzene rings is 1. The molecule has 0 aromatic heterocycles. The van der Waals surface area contributed by atoms with Crippen LogP contribution in [0.3, 0.4) is 0 Å². The first-order chi connectivity index (χ1) is 7.35. The fourth-order valence-corrected chi connectivity index (χ4v) is 1.61. The van der Waals surface area contributed by atoms with Crippen LogP contribution >= 0.6 is 15.9 Å². The third-order valence-electron chi connectivity index (χ3n) is 2.08. The molecule has 0 N–H and O–H groups in total. The Labute approximate surface area is 96.8 Å². The maximum absolute atomic E-state index is 5.31. The Bertz CT molecular complexity index is 388. The van der Waals surface area contributed by atoms with Crippen molar-refractivity contribution in [1.82, 2.24) is 0 Å². The van der Waals surface area contributed by atoms with Crippen LogP contribution in [0.2, 0.25) is 0 Å². The molecule has 0 saturated heterocycles. The summed E-state index contributed by atoms with van der Waals surface area (Å²) in [4.78, 5) is 0. The van der Waals surface area contributed by atoms with Crippen molar-refractivity contribution < 1.29 is 14.2 Å². The van der Waals surface area contributed by atoms with Gasteiger partial charge in [0.05, 0.1) is 7.11 Å². The van der Waals surface area contributed by atoms with E-state index >= 15 is 0 Å². The standard InChI is InChI=1S/C11H11BrO3/c1-13-9-5-8(3-2-4-12)6-10-11(9)15-7-14-10/h2-3,5-6H,4,7H2,1H3. The Morgan fingerprint density at radius 1 is 1.47 bits per heavy atom. The molecular weight excluding hydrogens is 260 g/mol. The maximum Gasteiger partial charge on any atom is 0.231 e. The number of alkyl halides is 1. The lowest BCUT2D eigenvalue weighted by atomic mass is 10.1. The molecule has 1 aromatic rings. The van der Waals surface area contributed by atoms with Gasteiger partial charge in [0.1, 0.15) is 0 Å². The molecule has 0 saturated carbocycles. The van der Waals surface area contributed by atoms with Gasteiger partial charge in [-0.25, -0.2) is 0 Å². The van der Waals surface area contributed by atoms with Gasteiger partial charge in [0, 0.05) is 5.33 Å². The predicted molar refractivity (Wildman–Crippen MR) is 61.9 cm³/mol. The van der Waals surface area contributed by atoms with E-state index in [2.05, 4.69) is 15.9 Å². The van der Waals surface area contributed by atoms with Crippen molar-refractivity contribution >= 4 is 22.0 Å². The summed E-state index contributed by atoms with van der Waals surface area (Å²) in [6.07, 6.45) is 4.01. The molecule has 0 spiro atoms. The molecule has 0 fully saturated rings. The molecule has 1 aliphatic rings. The molecule has 0 unspecified atom stereocenters. The summed E-state index contributed by atoms with van der Waals surface area (Å²) in [5.74, 6) is 2.14. The number of ether oxygens (including phenoxy) is 3. The first-order valence-electron chi connectivity index (χ1n) is 4.55. The van der Waals surface area contributed by atoms with Gasteiger partial charge in [0.2, 0.25) is 12.5 Å². The highest BCUT2D eigenvalue weighted by Gasteiger charge is 2.19. The largest absolute Gasteiger partial charge is 0.493 e. The van der Waals surface area contributed by atoms with Crippen LogP contribution in [0.4, 0.5) is 0 Å². The lowest BCUT2D eigenvalue weighted by molar-refractivity contribution is 0.171. The van der Waals surface area contributed by atoms with E-state index < -0.39 is 0 Å². The van der Waals surface area contributed by atoms with Crippen molar-refractivity contribution in [1.29, 1.82) is 0 Å². The van der Waals surface area contributed by atoms with Crippen molar-refractivity contribution in [2.45, 2.75) is 0 Å². The molecule has 2 rings (SSSR count). The molecule has 3 nitrogen and oxygen atoms in total. The minimum Gasteiger partial charge on any atom is -0.493 e. The summed E-state index contributed by atoms with van der Waals surface area (Å²) < 4.78 is 15.8. The van der Waals surface area contributed by atoms with Crippen molar-refractivity contribution in [3.63, 3.8) is 0 Å². The van der Waals surface area contributed by atoms with Gasteiger partial charge in [-0.05, 0) is 17.7 Å². The number of halogens is 1. The summed E-state index contributed by atoms with van der Waals surface area (Å²) in [6, 6.07) is 3.86. The van der Waals surface area contributed by atoms with Gasteiger partial charge in [-0.2, -0.15) is 0 Å². The molecule has 0 atom stereocenters. The highest BCUT2D eigenvalue weighted by atomic mass is 79.9. The van der Waals surface area contributed by atoms with Crippen LogP contribution in [-0.2, 0) is 0 Å². The van der Waals surface area contributed by atoms with E-state index in [0.717, 1.165) is 16.6 Å². The Kier molecular flexibility index (Phi) is 3.16. The first kappa shape index (κ1) is 10.4. The van der Waals surface area contributed by atoms with Crippen LogP contribution in [0.15, 0.2) is 18.2 Å². The zero-order valence-electron chi connectivity index (χ0n) is 8.33. The molecule has 0 aliphatic carbocycles. The van der Waals surface area contributed by atoms with Gasteiger partial charge < -0.3 is 14.2 Å². The molecule has 15 heavy (non-hydrogen) atoms. The van der Waals surface area contributed by atoms with Crippen LogP contribution in [0.25, 0.3) is 6.08 Å². The average molecular weight is 271 g/mol. The molecule has 1 aliphatic heterocycles. The van der Waals surface area contributed by atoms with E-state index in [-0.39, 0.29) is 6.79 Å². The zero-order chi connectivity index (χ0) is 10.7. The number of hydrogen-bond acceptors (Lipinski definition) is 3. The van der Waals surface area contributed by atoms with E-state index in [1.54, 1.807) is 7.11 Å². The number of fused-ring (bicyclic) bond motifs is 1. The zero-order valence-corrected chi connectivity index (χ0v) is 9.91. The van der Waals surface area contributed by atoms with E-state index in [9.17, 15) is 0 Å². The Morgan fingerprint density at radius 3 is 3.07 bits per heavy atom. The lowest BCUT2D eigenvalue weighted by Crippen LogP contribution is -1.93. The van der Waals surface area contributed by atoms with Gasteiger partial charge in [-0.1, -0.05) is 28.1 Å². The molecule has 1 heterocycles. The van der Waals surface area contributed by atoms with Crippen molar-refractivity contribution in [3.8, 4) is 17.2 Å². The molecule has 80 valence electrons. The third-order valence-corrected chi connectivity index (χ3v) is 2.45. The highest BCUT2D eigenvalue weighted by Crippen LogP contribution is 2.41. The summed E-state index contributed by atoms with van der Waals surface area (Å²) >= 11 is 3.33. The van der Waals surface area contributed by atoms with Gasteiger partial charge in [0.25, 0.3) is 0 Å². The quantitative estimate of drug-likeness (QED) is 0.791. The van der Waals surface area contributed by atoms with E-state index in [1.807, 2.05) is 24.3 Å². The second-order valence-corrected chi connectivity index (χ2v) is 3.66. The second kappa shape index (κ2) is 4.57. The number of methoxy groups -OCH3 is 1. The molecule has 4 heteroatoms. The van der Waals surface area contributed by atoms with Gasteiger partial charge in [-0.3, -0.25) is 0 Å². The minimum atomic E-state index is 0.261. The molecular formula is C11H11BrO3. The molecule has 0 radical (unpaired) electrons. The summed E-state index contributed by atoms with van der Waals surface area (Å²) in [7, 11) is 1.62. The Balaban J connectivity index is 2.39. The van der Waals surface area contributed by atoms with Crippen LogP contribution in [0.1, 0.15) is 5.56 Å². The normalized spacial score (nSPS) is 13.5. The molecule has 0 bridgehead atoms. The summed E-state index contributed by atoms with van der Waals surface area (Å²) in [6.45, 7) is 0.261. The van der Waals surface area contributed by atoms with Crippen LogP contribution in [0.5, 0.6) is 17.2 Å². The molecule has 1 aromatic carbocycles. The first-order valence-corrected chi connectivity index (χ1v) is 5.67. The lowest BCUT2D eigenvalue weighted by Gasteiger charge is -2.05. The third kappa shape index (κ3) is 2.09. The number of hydrogen-bond donors (Lipinski definition) is 0. The SMILES string of the molecule is COc1cc(C=CCBr)cc2c1OCO2. The number of allylic oxidation sites excluding steroid dienone is 1. The van der Waals surface area contributed by atoms with Crippen molar-refractivity contribution in [2.24, 2.45) is 0 Å². The predicted octanol–water partition coefficient (Wildman–Crippen LogP) is 2.83. The minimum absolute atomic E-state index is 0.261. The van der Waals surface area contributed by atoms with Crippen molar-refractivity contribution in [2.75, 3.05) is 19.2 Å². The fraction of sp³-hybridized carbons (Fsp3) is 0.273. The average Bonchev–Trinajstić information content (AvgIpc) is 2.73. The van der Waals surface area contributed by atoms with E-state index in [4.69, 9.17) is 14.2 Å².